The highest BCUT2D eigenvalue weighted by Crippen LogP contribution is 2.28. The molecule has 2 aromatic rings. The highest BCUT2D eigenvalue weighted by molar-refractivity contribution is 6.32. The van der Waals surface area contributed by atoms with E-state index in [0.29, 0.717) is 28.1 Å². The summed E-state index contributed by atoms with van der Waals surface area (Å²) in [6, 6.07) is 5.13. The number of hydrogen-bond donors (Lipinski definition) is 1. The van der Waals surface area contributed by atoms with Crippen LogP contribution in [0, 0.1) is 0 Å². The highest BCUT2D eigenvalue weighted by Gasteiger charge is 2.15. The Hall–Kier alpha value is -1.39. The topological polar surface area (TPSA) is 53.1 Å². The lowest BCUT2D eigenvalue weighted by molar-refractivity contribution is 0.294. The fraction of sp³-hybridized carbons (Fsp3) is 0.357. The molecule has 0 aliphatic heterocycles. The van der Waals surface area contributed by atoms with Gasteiger partial charge in [0.25, 0.3) is 0 Å². The molecule has 0 unspecified atom stereocenters. The van der Waals surface area contributed by atoms with Crippen LogP contribution in [-0.2, 0) is 19.6 Å². The number of hydrogen-bond acceptors (Lipinski definition) is 3. The quantitative estimate of drug-likeness (QED) is 0.851. The SMILES string of the molecule is CCc1nn(CC)c(COc2cc(Cl)ccc2N)c1Cl. The van der Waals surface area contributed by atoms with E-state index in [9.17, 15) is 0 Å². The minimum atomic E-state index is 0.310. The number of aromatic nitrogens is 2. The maximum Gasteiger partial charge on any atom is 0.144 e. The molecule has 0 fully saturated rings. The summed E-state index contributed by atoms with van der Waals surface area (Å²) in [7, 11) is 0. The number of nitrogen functional groups attached to an aromatic ring is 1. The van der Waals surface area contributed by atoms with E-state index in [1.54, 1.807) is 18.2 Å². The van der Waals surface area contributed by atoms with Crippen molar-refractivity contribution >= 4 is 28.9 Å². The second-order valence-corrected chi connectivity index (χ2v) is 5.16. The molecule has 0 atom stereocenters. The van der Waals surface area contributed by atoms with Crippen LogP contribution >= 0.6 is 23.2 Å². The van der Waals surface area contributed by atoms with Gasteiger partial charge in [-0.2, -0.15) is 5.10 Å². The van der Waals surface area contributed by atoms with Crippen molar-refractivity contribution in [3.05, 3.63) is 39.6 Å². The Morgan fingerprint density at radius 1 is 1.30 bits per heavy atom. The van der Waals surface area contributed by atoms with Crippen LogP contribution in [0.1, 0.15) is 25.2 Å². The summed E-state index contributed by atoms with van der Waals surface area (Å²) in [5, 5.41) is 5.69. The number of rotatable bonds is 5. The van der Waals surface area contributed by atoms with Crippen molar-refractivity contribution in [3.63, 3.8) is 0 Å². The Balaban J connectivity index is 2.22. The number of nitrogens with zero attached hydrogens (tertiary/aromatic N) is 2. The Morgan fingerprint density at radius 3 is 2.70 bits per heavy atom. The first kappa shape index (κ1) is 15.0. The van der Waals surface area contributed by atoms with Gasteiger partial charge in [0.05, 0.1) is 22.1 Å². The number of ether oxygens (including phenoxy) is 1. The predicted octanol–water partition coefficient (Wildman–Crippen LogP) is 3.93. The Kier molecular flexibility index (Phi) is 4.78. The van der Waals surface area contributed by atoms with E-state index < -0.39 is 0 Å². The van der Waals surface area contributed by atoms with Crippen LogP contribution in [-0.4, -0.2) is 9.78 Å². The summed E-state index contributed by atoms with van der Waals surface area (Å²) >= 11 is 12.3. The van der Waals surface area contributed by atoms with Crippen LogP contribution in [0.3, 0.4) is 0 Å². The molecule has 2 rings (SSSR count). The van der Waals surface area contributed by atoms with Crippen molar-refractivity contribution in [2.24, 2.45) is 0 Å². The van der Waals surface area contributed by atoms with Gasteiger partial charge < -0.3 is 10.5 Å². The summed E-state index contributed by atoms with van der Waals surface area (Å²) in [6.07, 6.45) is 0.790. The van der Waals surface area contributed by atoms with Gasteiger partial charge in [-0.05, 0) is 25.5 Å². The molecule has 0 bridgehead atoms. The Labute approximate surface area is 128 Å². The monoisotopic (exact) mass is 313 g/mol. The van der Waals surface area contributed by atoms with E-state index in [2.05, 4.69) is 5.10 Å². The van der Waals surface area contributed by atoms with E-state index in [1.807, 2.05) is 18.5 Å². The number of benzene rings is 1. The molecule has 0 aliphatic carbocycles. The molecule has 0 aliphatic rings. The summed E-state index contributed by atoms with van der Waals surface area (Å²) in [6.45, 7) is 5.08. The maximum atomic E-state index is 6.33. The van der Waals surface area contributed by atoms with Crippen LogP contribution in [0.5, 0.6) is 5.75 Å². The molecule has 4 nitrogen and oxygen atoms in total. The molecular formula is C14H17Cl2N3O. The Bertz CT molecular complexity index is 611. The number of anilines is 1. The highest BCUT2D eigenvalue weighted by atomic mass is 35.5. The van der Waals surface area contributed by atoms with Gasteiger partial charge in [0, 0.05) is 17.6 Å². The molecule has 0 saturated heterocycles. The van der Waals surface area contributed by atoms with Crippen molar-refractivity contribution in [1.29, 1.82) is 0 Å². The first-order valence-electron chi connectivity index (χ1n) is 6.48. The number of halogens is 2. The zero-order valence-electron chi connectivity index (χ0n) is 11.5. The fourth-order valence-corrected chi connectivity index (χ4v) is 2.42. The van der Waals surface area contributed by atoms with Crippen LogP contribution in [0.4, 0.5) is 5.69 Å². The van der Waals surface area contributed by atoms with Crippen molar-refractivity contribution in [1.82, 2.24) is 9.78 Å². The van der Waals surface area contributed by atoms with Gasteiger partial charge in [0.15, 0.2) is 0 Å². The average molecular weight is 314 g/mol. The van der Waals surface area contributed by atoms with E-state index >= 15 is 0 Å². The molecule has 1 heterocycles. The zero-order chi connectivity index (χ0) is 14.7. The molecule has 108 valence electrons. The van der Waals surface area contributed by atoms with Crippen molar-refractivity contribution in [2.45, 2.75) is 33.4 Å². The molecule has 1 aromatic carbocycles. The standard InChI is InChI=1S/C14H17Cl2N3O/c1-3-11-14(16)12(19(4-2)18-11)8-20-13-7-9(15)5-6-10(13)17/h5-7H,3-4,8,17H2,1-2H3. The molecule has 0 saturated carbocycles. The first-order chi connectivity index (χ1) is 9.56. The van der Waals surface area contributed by atoms with Gasteiger partial charge in [0.2, 0.25) is 0 Å². The maximum absolute atomic E-state index is 6.33. The predicted molar refractivity (Wildman–Crippen MR) is 82.5 cm³/mol. The molecule has 0 radical (unpaired) electrons. The normalized spacial score (nSPS) is 10.8. The smallest absolute Gasteiger partial charge is 0.144 e. The lowest BCUT2D eigenvalue weighted by atomic mass is 10.3. The van der Waals surface area contributed by atoms with Crippen molar-refractivity contribution < 1.29 is 4.74 Å². The van der Waals surface area contributed by atoms with E-state index in [-0.39, 0.29) is 0 Å². The third-order valence-electron chi connectivity index (χ3n) is 3.03. The van der Waals surface area contributed by atoms with Gasteiger partial charge in [0.1, 0.15) is 12.4 Å². The lowest BCUT2D eigenvalue weighted by Crippen LogP contribution is -2.07. The van der Waals surface area contributed by atoms with E-state index in [4.69, 9.17) is 33.7 Å². The third-order valence-corrected chi connectivity index (χ3v) is 3.71. The zero-order valence-corrected chi connectivity index (χ0v) is 13.0. The minimum absolute atomic E-state index is 0.310. The minimum Gasteiger partial charge on any atom is -0.485 e. The molecule has 0 spiro atoms. The largest absolute Gasteiger partial charge is 0.485 e. The summed E-state index contributed by atoms with van der Waals surface area (Å²) in [5.41, 5.74) is 8.13. The van der Waals surface area contributed by atoms with Gasteiger partial charge in [-0.3, -0.25) is 4.68 Å². The van der Waals surface area contributed by atoms with E-state index in [1.165, 1.54) is 0 Å². The number of aryl methyl sites for hydroxylation is 2. The van der Waals surface area contributed by atoms with Gasteiger partial charge in [-0.1, -0.05) is 30.1 Å². The van der Waals surface area contributed by atoms with Crippen LogP contribution < -0.4 is 10.5 Å². The van der Waals surface area contributed by atoms with Crippen molar-refractivity contribution in [2.75, 3.05) is 5.73 Å². The van der Waals surface area contributed by atoms with Crippen molar-refractivity contribution in [3.8, 4) is 5.75 Å². The molecule has 2 N–H and O–H groups in total. The lowest BCUT2D eigenvalue weighted by Gasteiger charge is -2.10. The Morgan fingerprint density at radius 2 is 2.05 bits per heavy atom. The average Bonchev–Trinajstić information content (AvgIpc) is 2.75. The second kappa shape index (κ2) is 6.37. The van der Waals surface area contributed by atoms with Gasteiger partial charge in [-0.25, -0.2) is 0 Å². The first-order valence-corrected chi connectivity index (χ1v) is 7.24. The van der Waals surface area contributed by atoms with Crippen LogP contribution in [0.15, 0.2) is 18.2 Å². The molecule has 6 heteroatoms. The summed E-state index contributed by atoms with van der Waals surface area (Å²) in [5.74, 6) is 0.551. The van der Waals surface area contributed by atoms with Gasteiger partial charge >= 0.3 is 0 Å². The van der Waals surface area contributed by atoms with Crippen LogP contribution in [0.25, 0.3) is 0 Å². The van der Waals surface area contributed by atoms with Gasteiger partial charge in [-0.15, -0.1) is 0 Å². The number of nitrogens with two attached hydrogens (primary N) is 1. The molecular weight excluding hydrogens is 297 g/mol. The molecule has 20 heavy (non-hydrogen) atoms. The van der Waals surface area contributed by atoms with E-state index in [0.717, 1.165) is 24.4 Å². The summed E-state index contributed by atoms with van der Waals surface area (Å²) < 4.78 is 7.58. The molecule has 1 aromatic heterocycles. The fourth-order valence-electron chi connectivity index (χ4n) is 1.93. The second-order valence-electron chi connectivity index (χ2n) is 4.35. The third kappa shape index (κ3) is 3.02. The summed E-state index contributed by atoms with van der Waals surface area (Å²) in [4.78, 5) is 0. The molecule has 0 amide bonds. The van der Waals surface area contributed by atoms with Crippen LogP contribution in [0.2, 0.25) is 10.0 Å².